The van der Waals surface area contributed by atoms with Crippen molar-refractivity contribution in [3.8, 4) is 5.75 Å². The number of nitrogens with zero attached hydrogens (tertiary/aromatic N) is 1. The second kappa shape index (κ2) is 9.12. The monoisotopic (exact) mass is 413 g/mol. The number of nitrogens with one attached hydrogen (secondary N) is 2. The summed E-state index contributed by atoms with van der Waals surface area (Å²) < 4.78 is 6.74. The lowest BCUT2D eigenvalue weighted by Crippen LogP contribution is -2.34. The molecule has 0 radical (unpaired) electrons. The standard InChI is InChI=1S/C21H23N3O2S2/c1-4-5-9-26-16-8-6-7-15(12-16)19(25)23-20(27)24-21-22-18-14(3)10-13(2)11-17(18)28-21/h6-8,10-12H,4-5,9H2,1-3H3,(H2,22,23,24,25,27). The molecular weight excluding hydrogens is 390 g/mol. The molecule has 0 aliphatic heterocycles. The number of aromatic nitrogens is 1. The highest BCUT2D eigenvalue weighted by Gasteiger charge is 2.12. The Kier molecular flexibility index (Phi) is 6.59. The average Bonchev–Trinajstić information content (AvgIpc) is 3.04. The molecule has 0 unspecified atom stereocenters. The molecule has 1 heterocycles. The van der Waals surface area contributed by atoms with Crippen LogP contribution in [0.3, 0.4) is 0 Å². The Morgan fingerprint density at radius 3 is 2.86 bits per heavy atom. The average molecular weight is 414 g/mol. The fraction of sp³-hybridized carbons (Fsp3) is 0.286. The van der Waals surface area contributed by atoms with Crippen LogP contribution < -0.4 is 15.4 Å². The van der Waals surface area contributed by atoms with Crippen LogP contribution in [-0.2, 0) is 0 Å². The van der Waals surface area contributed by atoms with Gasteiger partial charge in [-0.2, -0.15) is 0 Å². The van der Waals surface area contributed by atoms with Crippen LogP contribution in [-0.4, -0.2) is 22.6 Å². The second-order valence-corrected chi connectivity index (χ2v) is 8.02. The van der Waals surface area contributed by atoms with Gasteiger partial charge in [-0.25, -0.2) is 4.98 Å². The number of ether oxygens (including phenoxy) is 1. The highest BCUT2D eigenvalue weighted by Crippen LogP contribution is 2.29. The predicted molar refractivity (Wildman–Crippen MR) is 120 cm³/mol. The first kappa shape index (κ1) is 20.2. The molecule has 3 aromatic rings. The predicted octanol–water partition coefficient (Wildman–Crippen LogP) is 5.22. The van der Waals surface area contributed by atoms with Crippen LogP contribution in [0.15, 0.2) is 36.4 Å². The van der Waals surface area contributed by atoms with Crippen molar-refractivity contribution < 1.29 is 9.53 Å². The number of amides is 1. The summed E-state index contributed by atoms with van der Waals surface area (Å²) in [6.07, 6.45) is 2.04. The summed E-state index contributed by atoms with van der Waals surface area (Å²) in [7, 11) is 0. The van der Waals surface area contributed by atoms with E-state index in [1.165, 1.54) is 16.9 Å². The van der Waals surface area contributed by atoms with Gasteiger partial charge < -0.3 is 10.1 Å². The fourth-order valence-electron chi connectivity index (χ4n) is 2.79. The molecule has 0 atom stereocenters. The van der Waals surface area contributed by atoms with Crippen molar-refractivity contribution in [2.24, 2.45) is 0 Å². The Morgan fingerprint density at radius 2 is 2.07 bits per heavy atom. The second-order valence-electron chi connectivity index (χ2n) is 6.59. The zero-order chi connectivity index (χ0) is 20.1. The maximum Gasteiger partial charge on any atom is 0.257 e. The molecule has 28 heavy (non-hydrogen) atoms. The van der Waals surface area contributed by atoms with Crippen molar-refractivity contribution >= 4 is 49.9 Å². The third-order valence-electron chi connectivity index (χ3n) is 4.14. The van der Waals surface area contributed by atoms with Gasteiger partial charge in [-0.1, -0.05) is 36.8 Å². The van der Waals surface area contributed by atoms with Crippen LogP contribution in [0.2, 0.25) is 0 Å². The van der Waals surface area contributed by atoms with Crippen molar-refractivity contribution in [2.45, 2.75) is 33.6 Å². The lowest BCUT2D eigenvalue weighted by atomic mass is 10.1. The molecule has 2 N–H and O–H groups in total. The Balaban J connectivity index is 1.64. The van der Waals surface area contributed by atoms with E-state index >= 15 is 0 Å². The summed E-state index contributed by atoms with van der Waals surface area (Å²) in [5, 5.41) is 6.59. The van der Waals surface area contributed by atoms with E-state index in [0.717, 1.165) is 28.6 Å². The molecule has 1 aromatic heterocycles. The van der Waals surface area contributed by atoms with Crippen LogP contribution in [0.5, 0.6) is 5.75 Å². The lowest BCUT2D eigenvalue weighted by molar-refractivity contribution is 0.0977. The molecule has 0 fully saturated rings. The Morgan fingerprint density at radius 1 is 1.25 bits per heavy atom. The summed E-state index contributed by atoms with van der Waals surface area (Å²) in [6, 6.07) is 11.3. The number of anilines is 1. The number of hydrogen-bond acceptors (Lipinski definition) is 5. The molecule has 146 valence electrons. The van der Waals surface area contributed by atoms with E-state index in [1.807, 2.05) is 13.0 Å². The number of carbonyl (C=O) groups is 1. The van der Waals surface area contributed by atoms with Gasteiger partial charge >= 0.3 is 0 Å². The van der Waals surface area contributed by atoms with Crippen LogP contribution in [0.4, 0.5) is 5.13 Å². The van der Waals surface area contributed by atoms with E-state index in [9.17, 15) is 4.79 Å². The quantitative estimate of drug-likeness (QED) is 0.429. The topological polar surface area (TPSA) is 63.2 Å². The summed E-state index contributed by atoms with van der Waals surface area (Å²) in [4.78, 5) is 17.1. The van der Waals surface area contributed by atoms with Gasteiger partial charge in [-0.3, -0.25) is 10.1 Å². The van der Waals surface area contributed by atoms with Crippen LogP contribution >= 0.6 is 23.6 Å². The third-order valence-corrected chi connectivity index (χ3v) is 5.26. The van der Waals surface area contributed by atoms with Gasteiger partial charge in [-0.05, 0) is 67.9 Å². The number of hydrogen-bond donors (Lipinski definition) is 2. The molecule has 0 spiro atoms. The van der Waals surface area contributed by atoms with E-state index in [0.29, 0.717) is 23.1 Å². The van der Waals surface area contributed by atoms with E-state index < -0.39 is 0 Å². The van der Waals surface area contributed by atoms with Gasteiger partial charge in [0.05, 0.1) is 16.8 Å². The van der Waals surface area contributed by atoms with Crippen LogP contribution in [0.1, 0.15) is 41.3 Å². The minimum atomic E-state index is -0.286. The van der Waals surface area contributed by atoms with Crippen molar-refractivity contribution in [3.63, 3.8) is 0 Å². The van der Waals surface area contributed by atoms with Gasteiger partial charge in [0.15, 0.2) is 10.2 Å². The molecule has 0 bridgehead atoms. The SMILES string of the molecule is CCCCOc1cccc(C(=O)NC(=S)Nc2nc3c(C)cc(C)cc3s2)c1. The number of fused-ring (bicyclic) bond motifs is 1. The van der Waals surface area contributed by atoms with Crippen molar-refractivity contribution in [1.82, 2.24) is 10.3 Å². The van der Waals surface area contributed by atoms with Gasteiger partial charge in [-0.15, -0.1) is 0 Å². The molecule has 1 amide bonds. The molecule has 7 heteroatoms. The zero-order valence-electron chi connectivity index (χ0n) is 16.2. The normalized spacial score (nSPS) is 10.7. The molecule has 2 aromatic carbocycles. The van der Waals surface area contributed by atoms with Crippen molar-refractivity contribution in [2.75, 3.05) is 11.9 Å². The number of thiazole rings is 1. The number of thiocarbonyl (C=S) groups is 1. The maximum atomic E-state index is 12.5. The highest BCUT2D eigenvalue weighted by atomic mass is 32.1. The Hall–Kier alpha value is -2.51. The van der Waals surface area contributed by atoms with E-state index in [4.69, 9.17) is 17.0 Å². The Labute approximate surface area is 174 Å². The van der Waals surface area contributed by atoms with Gasteiger partial charge in [0.1, 0.15) is 5.75 Å². The van der Waals surface area contributed by atoms with Crippen LogP contribution in [0, 0.1) is 13.8 Å². The third kappa shape index (κ3) is 5.05. The minimum Gasteiger partial charge on any atom is -0.494 e. The smallest absolute Gasteiger partial charge is 0.257 e. The van der Waals surface area contributed by atoms with Gasteiger partial charge in [0, 0.05) is 5.56 Å². The number of unbranched alkanes of at least 4 members (excludes halogenated alkanes) is 1. The van der Waals surface area contributed by atoms with Gasteiger partial charge in [0.25, 0.3) is 5.91 Å². The molecule has 5 nitrogen and oxygen atoms in total. The number of benzene rings is 2. The minimum absolute atomic E-state index is 0.218. The largest absolute Gasteiger partial charge is 0.494 e. The number of carbonyl (C=O) groups excluding carboxylic acids is 1. The molecule has 0 aliphatic carbocycles. The van der Waals surface area contributed by atoms with E-state index in [-0.39, 0.29) is 11.0 Å². The first-order valence-electron chi connectivity index (χ1n) is 9.19. The lowest BCUT2D eigenvalue weighted by Gasteiger charge is -2.09. The Bertz CT molecular complexity index is 1010. The van der Waals surface area contributed by atoms with E-state index in [2.05, 4.69) is 41.6 Å². The van der Waals surface area contributed by atoms with Gasteiger partial charge in [0.2, 0.25) is 0 Å². The zero-order valence-corrected chi connectivity index (χ0v) is 17.8. The van der Waals surface area contributed by atoms with Crippen molar-refractivity contribution in [3.05, 3.63) is 53.1 Å². The summed E-state index contributed by atoms with van der Waals surface area (Å²) in [5.41, 5.74) is 3.75. The molecule has 3 rings (SSSR count). The highest BCUT2D eigenvalue weighted by molar-refractivity contribution is 7.80. The maximum absolute atomic E-state index is 12.5. The molecule has 0 aliphatic rings. The summed E-state index contributed by atoms with van der Waals surface area (Å²) in [5.74, 6) is 0.392. The summed E-state index contributed by atoms with van der Waals surface area (Å²) in [6.45, 7) is 6.84. The summed E-state index contributed by atoms with van der Waals surface area (Å²) >= 11 is 6.80. The first-order valence-corrected chi connectivity index (χ1v) is 10.4. The molecular formula is C21H23N3O2S2. The molecule has 0 saturated heterocycles. The van der Waals surface area contributed by atoms with E-state index in [1.54, 1.807) is 18.2 Å². The first-order chi connectivity index (χ1) is 13.5. The van der Waals surface area contributed by atoms with Crippen molar-refractivity contribution in [1.29, 1.82) is 0 Å². The fourth-order valence-corrected chi connectivity index (χ4v) is 4.09. The number of aryl methyl sites for hydroxylation is 2. The van der Waals surface area contributed by atoms with Crippen LogP contribution in [0.25, 0.3) is 10.2 Å². The molecule has 0 saturated carbocycles. The number of rotatable bonds is 6.